The maximum absolute atomic E-state index is 5.97. The molecule has 0 unspecified atom stereocenters. The van der Waals surface area contributed by atoms with E-state index in [9.17, 15) is 0 Å². The highest BCUT2D eigenvalue weighted by Crippen LogP contribution is 2.27. The summed E-state index contributed by atoms with van der Waals surface area (Å²) in [6, 6.07) is 9.43. The number of nitrogens with two attached hydrogens (primary N) is 1. The molecule has 0 radical (unpaired) electrons. The molecule has 0 spiro atoms. The quantitative estimate of drug-likeness (QED) is 0.692. The first kappa shape index (κ1) is 14.7. The molecule has 2 aromatic heterocycles. The molecule has 118 valence electrons. The molecule has 0 saturated carbocycles. The normalized spacial score (nSPS) is 10.3. The monoisotopic (exact) mass is 310 g/mol. The zero-order valence-corrected chi connectivity index (χ0v) is 12.9. The number of hydrogen-bond donors (Lipinski definition) is 3. The van der Waals surface area contributed by atoms with Crippen LogP contribution in [0.3, 0.4) is 0 Å². The predicted molar refractivity (Wildman–Crippen MR) is 89.2 cm³/mol. The number of anilines is 1. The van der Waals surface area contributed by atoms with E-state index in [1.54, 1.807) is 30.3 Å². The average molecular weight is 310 g/mol. The summed E-state index contributed by atoms with van der Waals surface area (Å²) in [6.45, 7) is 0. The van der Waals surface area contributed by atoms with Crippen LogP contribution in [0.15, 0.2) is 48.9 Å². The van der Waals surface area contributed by atoms with E-state index < -0.39 is 0 Å². The number of para-hydroxylation sites is 1. The molecule has 0 aliphatic heterocycles. The Morgan fingerprint density at radius 1 is 1.17 bits per heavy atom. The molecule has 7 nitrogen and oxygen atoms in total. The van der Waals surface area contributed by atoms with E-state index in [-0.39, 0.29) is 0 Å². The molecular weight excluding hydrogens is 292 g/mol. The van der Waals surface area contributed by atoms with E-state index in [1.807, 2.05) is 37.5 Å². The molecule has 4 N–H and O–H groups in total. The molecule has 0 amide bonds. The summed E-state index contributed by atoms with van der Waals surface area (Å²) in [5, 5.41) is 10.2. The van der Waals surface area contributed by atoms with E-state index in [0.717, 1.165) is 28.3 Å². The zero-order chi connectivity index (χ0) is 16.2. The van der Waals surface area contributed by atoms with Crippen molar-refractivity contribution < 1.29 is 4.74 Å². The first-order chi connectivity index (χ1) is 11.2. The number of aryl methyl sites for hydroxylation is 1. The first-order valence-corrected chi connectivity index (χ1v) is 7.07. The summed E-state index contributed by atoms with van der Waals surface area (Å²) in [5.74, 6) is 1.20. The number of ether oxygens (including phenoxy) is 1. The molecule has 2 heterocycles. The van der Waals surface area contributed by atoms with Crippen molar-refractivity contribution in [1.29, 1.82) is 0 Å². The Morgan fingerprint density at radius 2 is 2.00 bits per heavy atom. The van der Waals surface area contributed by atoms with Crippen LogP contribution in [0, 0.1) is 0 Å². The Labute approximate surface area is 133 Å². The van der Waals surface area contributed by atoms with Crippen LogP contribution in [0.25, 0.3) is 22.5 Å². The molecule has 0 atom stereocenters. The summed E-state index contributed by atoms with van der Waals surface area (Å²) in [4.78, 5) is 4.54. The number of benzene rings is 1. The fourth-order valence-corrected chi connectivity index (χ4v) is 2.24. The van der Waals surface area contributed by atoms with Crippen LogP contribution < -0.4 is 10.5 Å². The van der Waals surface area contributed by atoms with Gasteiger partial charge in [0.25, 0.3) is 0 Å². The molecule has 3 aromatic rings. The second-order valence-corrected chi connectivity index (χ2v) is 5.01. The molecule has 0 fully saturated rings. The number of aromatic amines is 2. The molecule has 7 heteroatoms. The second-order valence-electron chi connectivity index (χ2n) is 5.01. The van der Waals surface area contributed by atoms with Gasteiger partial charge in [-0.25, -0.2) is 0 Å². The van der Waals surface area contributed by atoms with Crippen LogP contribution in [-0.4, -0.2) is 32.1 Å². The lowest BCUT2D eigenvalue weighted by atomic mass is 10.1. The maximum Gasteiger partial charge on any atom is 0.128 e. The summed E-state index contributed by atoms with van der Waals surface area (Å²) >= 11 is 0. The summed E-state index contributed by atoms with van der Waals surface area (Å²) in [6.07, 6.45) is 5.36. The van der Waals surface area contributed by atoms with Gasteiger partial charge >= 0.3 is 0 Å². The lowest BCUT2D eigenvalue weighted by Gasteiger charge is -2.07. The Hall–Kier alpha value is -3.22. The van der Waals surface area contributed by atoms with Crippen molar-refractivity contribution in [3.05, 3.63) is 48.9 Å². The van der Waals surface area contributed by atoms with Crippen molar-refractivity contribution >= 4 is 5.82 Å². The number of H-pyrrole nitrogens is 2. The van der Waals surface area contributed by atoms with Crippen LogP contribution in [0.4, 0.5) is 5.82 Å². The average Bonchev–Trinajstić information content (AvgIpc) is 2.98. The predicted octanol–water partition coefficient (Wildman–Crippen LogP) is 2.52. The van der Waals surface area contributed by atoms with Crippen molar-refractivity contribution in [1.82, 2.24) is 25.0 Å². The van der Waals surface area contributed by atoms with Crippen molar-refractivity contribution in [2.45, 2.75) is 0 Å². The second kappa shape index (κ2) is 6.27. The number of nitrogen functional groups attached to an aromatic ring is 1. The molecule has 23 heavy (non-hydrogen) atoms. The largest absolute Gasteiger partial charge is 0.496 e. The smallest absolute Gasteiger partial charge is 0.128 e. The van der Waals surface area contributed by atoms with Crippen molar-refractivity contribution in [3.8, 4) is 28.3 Å². The van der Waals surface area contributed by atoms with Crippen LogP contribution in [0.5, 0.6) is 5.75 Å². The van der Waals surface area contributed by atoms with Gasteiger partial charge in [-0.2, -0.15) is 5.10 Å². The number of methoxy groups -OCH3 is 1. The van der Waals surface area contributed by atoms with Gasteiger partial charge in [-0.3, -0.25) is 19.9 Å². The van der Waals surface area contributed by atoms with Gasteiger partial charge < -0.3 is 10.5 Å². The lowest BCUT2D eigenvalue weighted by molar-refractivity contribution is 0.416. The summed E-state index contributed by atoms with van der Waals surface area (Å²) in [5.41, 5.74) is 9.20. The third kappa shape index (κ3) is 3.18. The minimum atomic E-state index is 0.452. The minimum Gasteiger partial charge on any atom is -0.496 e. The van der Waals surface area contributed by atoms with E-state index in [4.69, 9.17) is 10.5 Å². The van der Waals surface area contributed by atoms with E-state index in [0.29, 0.717) is 5.82 Å². The van der Waals surface area contributed by atoms with E-state index >= 15 is 0 Å². The highest BCUT2D eigenvalue weighted by molar-refractivity contribution is 5.67. The standard InChI is InChI=1S/C16H18N6O/c1-22-10-11(8-19-22)13-7-16(17)21-20-14(9-18-13)12-5-3-4-6-15(12)23-2/h3-10,20-21H,17H2,1-2H3. The number of hydrogen-bond acceptors (Lipinski definition) is 4. The molecule has 0 aliphatic carbocycles. The van der Waals surface area contributed by atoms with Gasteiger partial charge in [0.2, 0.25) is 0 Å². The Bertz CT molecular complexity index is 859. The summed E-state index contributed by atoms with van der Waals surface area (Å²) in [7, 11) is 3.49. The number of nitrogens with one attached hydrogen (secondary N) is 2. The topological polar surface area (TPSA) is 97.5 Å². The third-order valence-corrected chi connectivity index (χ3v) is 3.36. The van der Waals surface area contributed by atoms with Crippen molar-refractivity contribution in [2.24, 2.45) is 7.05 Å². The van der Waals surface area contributed by atoms with Gasteiger partial charge in [0.05, 0.1) is 30.9 Å². The molecule has 0 saturated heterocycles. The maximum atomic E-state index is 5.97. The molecule has 3 rings (SSSR count). The third-order valence-electron chi connectivity index (χ3n) is 3.36. The Balaban J connectivity index is 2.15. The van der Waals surface area contributed by atoms with Crippen LogP contribution >= 0.6 is 0 Å². The summed E-state index contributed by atoms with van der Waals surface area (Å²) < 4.78 is 7.12. The fraction of sp³-hybridized carbons (Fsp3) is 0.125. The minimum absolute atomic E-state index is 0.452. The van der Waals surface area contributed by atoms with Gasteiger partial charge in [0.1, 0.15) is 11.6 Å². The lowest BCUT2D eigenvalue weighted by Crippen LogP contribution is -1.95. The fourth-order valence-electron chi connectivity index (χ4n) is 2.24. The SMILES string of the molecule is COc1ccccc1-c1cnc(-c2cnn(C)c2)cc(N)[nH][nH]1. The van der Waals surface area contributed by atoms with Crippen LogP contribution in [-0.2, 0) is 7.05 Å². The number of aromatic nitrogens is 5. The van der Waals surface area contributed by atoms with Crippen molar-refractivity contribution in [2.75, 3.05) is 12.8 Å². The van der Waals surface area contributed by atoms with Gasteiger partial charge in [-0.1, -0.05) is 12.1 Å². The zero-order valence-electron chi connectivity index (χ0n) is 12.9. The van der Waals surface area contributed by atoms with Gasteiger partial charge in [-0.05, 0) is 12.1 Å². The Kier molecular flexibility index (Phi) is 4.01. The van der Waals surface area contributed by atoms with Gasteiger partial charge in [0, 0.05) is 30.4 Å². The van der Waals surface area contributed by atoms with Crippen LogP contribution in [0.2, 0.25) is 0 Å². The molecule has 0 bridgehead atoms. The molecule has 1 aromatic carbocycles. The number of nitrogens with zero attached hydrogens (tertiary/aromatic N) is 3. The molecule has 0 aliphatic rings. The highest BCUT2D eigenvalue weighted by Gasteiger charge is 2.06. The van der Waals surface area contributed by atoms with Crippen LogP contribution in [0.1, 0.15) is 0 Å². The molecular formula is C16H18N6O. The van der Waals surface area contributed by atoms with Gasteiger partial charge in [-0.15, -0.1) is 0 Å². The highest BCUT2D eigenvalue weighted by atomic mass is 16.5. The number of rotatable bonds is 3. The van der Waals surface area contributed by atoms with Crippen molar-refractivity contribution in [3.63, 3.8) is 0 Å². The van der Waals surface area contributed by atoms with E-state index in [2.05, 4.69) is 20.3 Å². The first-order valence-electron chi connectivity index (χ1n) is 7.07. The van der Waals surface area contributed by atoms with Gasteiger partial charge in [0.15, 0.2) is 0 Å². The Morgan fingerprint density at radius 3 is 2.74 bits per heavy atom. The van der Waals surface area contributed by atoms with E-state index in [1.165, 1.54) is 0 Å².